The van der Waals surface area contributed by atoms with E-state index in [1.54, 1.807) is 16.8 Å². The van der Waals surface area contributed by atoms with Gasteiger partial charge in [0.1, 0.15) is 16.3 Å². The van der Waals surface area contributed by atoms with E-state index in [0.717, 1.165) is 19.4 Å². The lowest BCUT2D eigenvalue weighted by Gasteiger charge is -2.14. The largest absolute Gasteiger partial charge is 0.397 e. The van der Waals surface area contributed by atoms with Gasteiger partial charge < -0.3 is 11.1 Å². The number of nitrogens with zero attached hydrogens (tertiary/aromatic N) is 4. The molecule has 4 rings (SSSR count). The van der Waals surface area contributed by atoms with Gasteiger partial charge in [0, 0.05) is 30.2 Å². The molecule has 0 aromatic carbocycles. The van der Waals surface area contributed by atoms with Gasteiger partial charge in [0.25, 0.3) is 5.56 Å². The monoisotopic (exact) mass is 356 g/mol. The van der Waals surface area contributed by atoms with Gasteiger partial charge in [-0.1, -0.05) is 13.8 Å². The smallest absolute Gasteiger partial charge is 0.281 e. The Morgan fingerprint density at radius 3 is 2.84 bits per heavy atom. The molecule has 3 heterocycles. The first-order chi connectivity index (χ1) is 12.0. The fourth-order valence-corrected chi connectivity index (χ4v) is 3.36. The van der Waals surface area contributed by atoms with Gasteiger partial charge in [0.2, 0.25) is 0 Å². The maximum absolute atomic E-state index is 13.0. The predicted molar refractivity (Wildman–Crippen MR) is 101 cm³/mol. The number of nitrogens with one attached hydrogen (secondary N) is 1. The van der Waals surface area contributed by atoms with Crippen LogP contribution in [0.2, 0.25) is 0 Å². The van der Waals surface area contributed by atoms with Crippen LogP contribution in [0.25, 0.3) is 21.9 Å². The van der Waals surface area contributed by atoms with Crippen LogP contribution in [-0.2, 0) is 0 Å². The minimum absolute atomic E-state index is 0.141. The lowest BCUT2D eigenvalue weighted by atomic mass is 10.2. The van der Waals surface area contributed by atoms with E-state index < -0.39 is 0 Å². The standard InChI is InChI=1S/C17H20N6OS/c1-9(2)8-20-12-7-11(18)13-15(21-12)23(10-3-4-10)17(24)14(22-13)16-19-5-6-25-16/h5-7,9-10H,3-4,8H2,1-2H3,(H3,18,20,21). The molecule has 130 valence electrons. The Morgan fingerprint density at radius 1 is 1.40 bits per heavy atom. The highest BCUT2D eigenvalue weighted by atomic mass is 32.1. The van der Waals surface area contributed by atoms with Crippen molar-refractivity contribution in [2.45, 2.75) is 32.7 Å². The maximum atomic E-state index is 13.0. The second-order valence-corrected chi connectivity index (χ2v) is 7.64. The Bertz CT molecular complexity index is 975. The minimum atomic E-state index is -0.141. The summed E-state index contributed by atoms with van der Waals surface area (Å²) in [6, 6.07) is 1.95. The molecule has 0 bridgehead atoms. The van der Waals surface area contributed by atoms with Crippen LogP contribution in [0.4, 0.5) is 11.5 Å². The Morgan fingerprint density at radius 2 is 2.20 bits per heavy atom. The molecule has 0 amide bonds. The average molecular weight is 356 g/mol. The fraction of sp³-hybridized carbons (Fsp3) is 0.412. The van der Waals surface area contributed by atoms with E-state index in [0.29, 0.717) is 39.3 Å². The average Bonchev–Trinajstić information content (AvgIpc) is 3.25. The normalized spacial score (nSPS) is 14.4. The molecule has 25 heavy (non-hydrogen) atoms. The second-order valence-electron chi connectivity index (χ2n) is 6.75. The van der Waals surface area contributed by atoms with E-state index in [9.17, 15) is 4.79 Å². The van der Waals surface area contributed by atoms with Crippen LogP contribution in [0.15, 0.2) is 22.4 Å². The van der Waals surface area contributed by atoms with Gasteiger partial charge in [-0.15, -0.1) is 11.3 Å². The van der Waals surface area contributed by atoms with Gasteiger partial charge in [0.05, 0.1) is 5.69 Å². The first-order valence-corrected chi connectivity index (χ1v) is 9.29. The summed E-state index contributed by atoms with van der Waals surface area (Å²) >= 11 is 1.40. The lowest BCUT2D eigenvalue weighted by molar-refractivity contribution is 0.686. The molecule has 0 aliphatic heterocycles. The second kappa shape index (κ2) is 6.11. The zero-order valence-corrected chi connectivity index (χ0v) is 15.0. The zero-order chi connectivity index (χ0) is 17.6. The quantitative estimate of drug-likeness (QED) is 0.729. The molecule has 1 saturated carbocycles. The van der Waals surface area contributed by atoms with Crippen molar-refractivity contribution in [2.75, 3.05) is 17.6 Å². The molecule has 0 spiro atoms. The highest BCUT2D eigenvalue weighted by Crippen LogP contribution is 2.37. The Balaban J connectivity index is 1.93. The summed E-state index contributed by atoms with van der Waals surface area (Å²) in [5.74, 6) is 1.16. The molecular formula is C17H20N6OS. The topological polar surface area (TPSA) is 98.7 Å². The molecule has 3 N–H and O–H groups in total. The van der Waals surface area contributed by atoms with Crippen molar-refractivity contribution in [2.24, 2.45) is 5.92 Å². The maximum Gasteiger partial charge on any atom is 0.281 e. The highest BCUT2D eigenvalue weighted by molar-refractivity contribution is 7.13. The zero-order valence-electron chi connectivity index (χ0n) is 14.2. The van der Waals surface area contributed by atoms with Crippen LogP contribution in [0.1, 0.15) is 32.7 Å². The number of rotatable bonds is 5. The van der Waals surface area contributed by atoms with Crippen LogP contribution in [0.5, 0.6) is 0 Å². The summed E-state index contributed by atoms with van der Waals surface area (Å²) in [4.78, 5) is 26.4. The van der Waals surface area contributed by atoms with Crippen molar-refractivity contribution in [3.8, 4) is 10.7 Å². The third kappa shape index (κ3) is 2.97. The van der Waals surface area contributed by atoms with Crippen molar-refractivity contribution in [3.05, 3.63) is 28.0 Å². The minimum Gasteiger partial charge on any atom is -0.397 e. The van der Waals surface area contributed by atoms with Gasteiger partial charge in [-0.2, -0.15) is 0 Å². The number of aromatic nitrogens is 4. The molecule has 0 unspecified atom stereocenters. The summed E-state index contributed by atoms with van der Waals surface area (Å²) < 4.78 is 1.75. The van der Waals surface area contributed by atoms with Gasteiger partial charge in [-0.25, -0.2) is 15.0 Å². The van der Waals surface area contributed by atoms with E-state index in [4.69, 9.17) is 5.73 Å². The lowest BCUT2D eigenvalue weighted by Crippen LogP contribution is -2.24. The van der Waals surface area contributed by atoms with Crippen molar-refractivity contribution in [3.63, 3.8) is 0 Å². The van der Waals surface area contributed by atoms with E-state index >= 15 is 0 Å². The molecule has 1 aliphatic carbocycles. The van der Waals surface area contributed by atoms with Crippen LogP contribution >= 0.6 is 11.3 Å². The van der Waals surface area contributed by atoms with Gasteiger partial charge >= 0.3 is 0 Å². The molecular weight excluding hydrogens is 336 g/mol. The fourth-order valence-electron chi connectivity index (χ4n) is 2.75. The van der Waals surface area contributed by atoms with Crippen molar-refractivity contribution in [1.82, 2.24) is 19.5 Å². The van der Waals surface area contributed by atoms with Crippen LogP contribution in [0.3, 0.4) is 0 Å². The SMILES string of the molecule is CC(C)CNc1cc(N)c2nc(-c3nccs3)c(=O)n(C3CC3)c2n1. The summed E-state index contributed by atoms with van der Waals surface area (Å²) in [7, 11) is 0. The van der Waals surface area contributed by atoms with Gasteiger partial charge in [0.15, 0.2) is 11.3 Å². The highest BCUT2D eigenvalue weighted by Gasteiger charge is 2.30. The predicted octanol–water partition coefficient (Wildman–Crippen LogP) is 2.90. The molecule has 0 saturated heterocycles. The molecule has 3 aromatic heterocycles. The van der Waals surface area contributed by atoms with E-state index in [2.05, 4.69) is 34.1 Å². The number of pyridine rings is 1. The number of hydrogen-bond acceptors (Lipinski definition) is 7. The van der Waals surface area contributed by atoms with Crippen LogP contribution < -0.4 is 16.6 Å². The number of fused-ring (bicyclic) bond motifs is 1. The molecule has 1 fully saturated rings. The third-order valence-electron chi connectivity index (χ3n) is 4.12. The van der Waals surface area contributed by atoms with Crippen molar-refractivity contribution < 1.29 is 0 Å². The van der Waals surface area contributed by atoms with E-state index in [-0.39, 0.29) is 11.6 Å². The molecule has 0 radical (unpaired) electrons. The van der Waals surface area contributed by atoms with Crippen molar-refractivity contribution >= 4 is 34.0 Å². The number of nitrogens with two attached hydrogens (primary N) is 1. The molecule has 1 aliphatic rings. The Kier molecular flexibility index (Phi) is 3.91. The Labute approximate surface area is 148 Å². The van der Waals surface area contributed by atoms with E-state index in [1.807, 2.05) is 5.38 Å². The van der Waals surface area contributed by atoms with E-state index in [1.165, 1.54) is 11.3 Å². The van der Waals surface area contributed by atoms with Gasteiger partial charge in [-0.05, 0) is 18.8 Å². The summed E-state index contributed by atoms with van der Waals surface area (Å²) in [5, 5.41) is 5.73. The third-order valence-corrected chi connectivity index (χ3v) is 4.90. The molecule has 7 nitrogen and oxygen atoms in total. The number of thiazole rings is 1. The molecule has 0 atom stereocenters. The number of hydrogen-bond donors (Lipinski definition) is 2. The summed E-state index contributed by atoms with van der Waals surface area (Å²) in [6.07, 6.45) is 3.62. The summed E-state index contributed by atoms with van der Waals surface area (Å²) in [6.45, 7) is 5.04. The Hall–Kier alpha value is -2.48. The van der Waals surface area contributed by atoms with Crippen molar-refractivity contribution in [1.29, 1.82) is 0 Å². The first kappa shape index (κ1) is 16.0. The van der Waals surface area contributed by atoms with Crippen LogP contribution in [0, 0.1) is 5.92 Å². The van der Waals surface area contributed by atoms with Crippen LogP contribution in [-0.4, -0.2) is 26.1 Å². The number of nitrogen functional groups attached to an aromatic ring is 1. The first-order valence-electron chi connectivity index (χ1n) is 8.41. The number of anilines is 2. The molecule has 3 aromatic rings. The van der Waals surface area contributed by atoms with Gasteiger partial charge in [-0.3, -0.25) is 9.36 Å². The molecule has 8 heteroatoms. The summed E-state index contributed by atoms with van der Waals surface area (Å²) in [5.41, 5.74) is 8.10.